The molecule has 1 aromatic carbocycles. The van der Waals surface area contributed by atoms with Crippen LogP contribution in [0.3, 0.4) is 0 Å². The van der Waals surface area contributed by atoms with Crippen molar-refractivity contribution in [1.82, 2.24) is 0 Å². The average molecular weight is 286 g/mol. The van der Waals surface area contributed by atoms with Crippen LogP contribution in [0.1, 0.15) is 0 Å². The van der Waals surface area contributed by atoms with Crippen LogP contribution in [0.15, 0.2) is 30.3 Å². The third-order valence-corrected chi connectivity index (χ3v) is 3.17. The monoisotopic (exact) mass is 286 g/mol. The van der Waals surface area contributed by atoms with Crippen LogP contribution < -0.4 is 4.74 Å². The van der Waals surface area contributed by atoms with Crippen LogP contribution in [0.4, 0.5) is 0 Å². The predicted molar refractivity (Wildman–Crippen MR) is 66.8 cm³/mol. The number of benzene rings is 1. The summed E-state index contributed by atoms with van der Waals surface area (Å²) in [6.45, 7) is -0.650. The second-order valence-electron chi connectivity index (χ2n) is 4.62. The molecular formula is C13H18O7. The lowest BCUT2D eigenvalue weighted by atomic mass is 9.95. The number of aliphatic hydroxyl groups is 5. The summed E-state index contributed by atoms with van der Waals surface area (Å²) in [5.41, 5.74) is 0. The van der Waals surface area contributed by atoms with E-state index in [1.807, 2.05) is 0 Å². The van der Waals surface area contributed by atoms with E-state index in [9.17, 15) is 20.4 Å². The Labute approximate surface area is 115 Å². The Morgan fingerprint density at radius 1 is 1.05 bits per heavy atom. The first kappa shape index (κ1) is 15.2. The molecule has 6 atom stereocenters. The topological polar surface area (TPSA) is 120 Å². The standard InChI is InChI=1S/C13H18O7/c14-6-8(15)12-10(17)9(16)11(18)13(20-12)19-7-4-2-1-3-5-7/h1-5,8-18H,6H2/t8-,9-,10+,11-,12+,13+/m1/s1. The molecule has 7 heteroatoms. The first-order valence-corrected chi connectivity index (χ1v) is 6.25. The molecule has 0 aromatic heterocycles. The molecule has 2 rings (SSSR count). The minimum absolute atomic E-state index is 0.400. The zero-order chi connectivity index (χ0) is 14.7. The minimum Gasteiger partial charge on any atom is -0.462 e. The second kappa shape index (κ2) is 6.49. The maximum absolute atomic E-state index is 9.84. The van der Waals surface area contributed by atoms with E-state index < -0.39 is 43.4 Å². The lowest BCUT2D eigenvalue weighted by Crippen LogP contribution is -2.62. The number of para-hydroxylation sites is 1. The van der Waals surface area contributed by atoms with Crippen molar-refractivity contribution in [3.05, 3.63) is 30.3 Å². The molecule has 1 saturated heterocycles. The van der Waals surface area contributed by atoms with E-state index in [1.165, 1.54) is 0 Å². The summed E-state index contributed by atoms with van der Waals surface area (Å²) >= 11 is 0. The van der Waals surface area contributed by atoms with Crippen molar-refractivity contribution in [3.63, 3.8) is 0 Å². The van der Waals surface area contributed by atoms with Crippen molar-refractivity contribution >= 4 is 0 Å². The van der Waals surface area contributed by atoms with E-state index >= 15 is 0 Å². The molecule has 112 valence electrons. The number of rotatable bonds is 4. The van der Waals surface area contributed by atoms with Gasteiger partial charge in [0.2, 0.25) is 6.29 Å². The Morgan fingerprint density at radius 3 is 2.30 bits per heavy atom. The van der Waals surface area contributed by atoms with Gasteiger partial charge in [0, 0.05) is 0 Å². The normalized spacial score (nSPS) is 35.5. The first-order valence-electron chi connectivity index (χ1n) is 6.25. The molecule has 0 unspecified atom stereocenters. The van der Waals surface area contributed by atoms with Crippen LogP contribution in [0, 0.1) is 0 Å². The van der Waals surface area contributed by atoms with Crippen LogP contribution in [0.2, 0.25) is 0 Å². The number of ether oxygens (including phenoxy) is 2. The molecular weight excluding hydrogens is 268 g/mol. The summed E-state index contributed by atoms with van der Waals surface area (Å²) in [4.78, 5) is 0. The van der Waals surface area contributed by atoms with Gasteiger partial charge < -0.3 is 35.0 Å². The van der Waals surface area contributed by atoms with E-state index in [0.29, 0.717) is 5.75 Å². The van der Waals surface area contributed by atoms with Gasteiger partial charge in [0.15, 0.2) is 0 Å². The van der Waals surface area contributed by atoms with Crippen LogP contribution in [-0.4, -0.2) is 68.9 Å². The summed E-state index contributed by atoms with van der Waals surface area (Å²) in [6.07, 6.45) is -8.47. The summed E-state index contributed by atoms with van der Waals surface area (Å²) < 4.78 is 10.6. The highest BCUT2D eigenvalue weighted by atomic mass is 16.7. The number of aliphatic hydroxyl groups excluding tert-OH is 5. The number of hydrogen-bond acceptors (Lipinski definition) is 7. The molecule has 0 spiro atoms. The zero-order valence-electron chi connectivity index (χ0n) is 10.6. The second-order valence-corrected chi connectivity index (χ2v) is 4.62. The van der Waals surface area contributed by atoms with Crippen molar-refractivity contribution in [3.8, 4) is 5.75 Å². The predicted octanol–water partition coefficient (Wildman–Crippen LogP) is -1.77. The summed E-state index contributed by atoms with van der Waals surface area (Å²) in [5.74, 6) is 0.400. The minimum atomic E-state index is -1.55. The lowest BCUT2D eigenvalue weighted by molar-refractivity contribution is -0.290. The highest BCUT2D eigenvalue weighted by Gasteiger charge is 2.47. The van der Waals surface area contributed by atoms with Crippen molar-refractivity contribution in [2.45, 2.75) is 36.8 Å². The lowest BCUT2D eigenvalue weighted by Gasteiger charge is -2.41. The molecule has 1 aromatic rings. The molecule has 0 bridgehead atoms. The van der Waals surface area contributed by atoms with Crippen LogP contribution in [0.5, 0.6) is 5.75 Å². The summed E-state index contributed by atoms with van der Waals surface area (Å²) in [6, 6.07) is 8.48. The van der Waals surface area contributed by atoms with E-state index in [2.05, 4.69) is 0 Å². The highest BCUT2D eigenvalue weighted by molar-refractivity contribution is 5.21. The molecule has 1 heterocycles. The largest absolute Gasteiger partial charge is 0.462 e. The van der Waals surface area contributed by atoms with E-state index in [1.54, 1.807) is 30.3 Å². The molecule has 1 fully saturated rings. The molecule has 5 N–H and O–H groups in total. The van der Waals surface area contributed by atoms with Crippen molar-refractivity contribution < 1.29 is 35.0 Å². The van der Waals surface area contributed by atoms with Crippen molar-refractivity contribution in [2.24, 2.45) is 0 Å². The van der Waals surface area contributed by atoms with Crippen LogP contribution in [0.25, 0.3) is 0 Å². The van der Waals surface area contributed by atoms with Gasteiger partial charge in [0.05, 0.1) is 6.61 Å². The fraction of sp³-hybridized carbons (Fsp3) is 0.538. The van der Waals surface area contributed by atoms with E-state index in [0.717, 1.165) is 0 Å². The van der Waals surface area contributed by atoms with Crippen LogP contribution >= 0.6 is 0 Å². The van der Waals surface area contributed by atoms with Gasteiger partial charge >= 0.3 is 0 Å². The van der Waals surface area contributed by atoms with Gasteiger partial charge in [-0.2, -0.15) is 0 Å². The van der Waals surface area contributed by atoms with Gasteiger partial charge in [-0.25, -0.2) is 0 Å². The molecule has 7 nitrogen and oxygen atoms in total. The Balaban J connectivity index is 2.11. The van der Waals surface area contributed by atoms with Gasteiger partial charge in [-0.1, -0.05) is 18.2 Å². The number of hydrogen-bond donors (Lipinski definition) is 5. The van der Waals surface area contributed by atoms with Gasteiger partial charge in [-0.3, -0.25) is 0 Å². The summed E-state index contributed by atoms with van der Waals surface area (Å²) in [5, 5.41) is 47.8. The molecule has 1 aliphatic rings. The van der Waals surface area contributed by atoms with Gasteiger partial charge in [-0.05, 0) is 12.1 Å². The zero-order valence-corrected chi connectivity index (χ0v) is 10.6. The maximum atomic E-state index is 9.84. The van der Waals surface area contributed by atoms with E-state index in [-0.39, 0.29) is 0 Å². The Kier molecular flexibility index (Phi) is 4.92. The Hall–Kier alpha value is -1.22. The van der Waals surface area contributed by atoms with Gasteiger partial charge in [-0.15, -0.1) is 0 Å². The molecule has 20 heavy (non-hydrogen) atoms. The Bertz CT molecular complexity index is 412. The van der Waals surface area contributed by atoms with Crippen molar-refractivity contribution in [2.75, 3.05) is 6.61 Å². The average Bonchev–Trinajstić information content (AvgIpc) is 2.48. The third kappa shape index (κ3) is 3.09. The maximum Gasteiger partial charge on any atom is 0.229 e. The fourth-order valence-electron chi connectivity index (χ4n) is 2.03. The highest BCUT2D eigenvalue weighted by Crippen LogP contribution is 2.25. The third-order valence-electron chi connectivity index (χ3n) is 3.17. The van der Waals surface area contributed by atoms with E-state index in [4.69, 9.17) is 14.6 Å². The smallest absolute Gasteiger partial charge is 0.229 e. The van der Waals surface area contributed by atoms with Crippen molar-refractivity contribution in [1.29, 1.82) is 0 Å². The molecule has 0 amide bonds. The Morgan fingerprint density at radius 2 is 1.70 bits per heavy atom. The van der Waals surface area contributed by atoms with Gasteiger partial charge in [0.25, 0.3) is 0 Å². The summed E-state index contributed by atoms with van der Waals surface area (Å²) in [7, 11) is 0. The van der Waals surface area contributed by atoms with Crippen LogP contribution in [-0.2, 0) is 4.74 Å². The SMILES string of the molecule is OC[C@@H](O)[C@@H]1O[C@H](Oc2ccccc2)[C@H](O)[C@H](O)[C@@H]1O. The molecule has 1 aliphatic heterocycles. The van der Waals surface area contributed by atoms with Gasteiger partial charge in [0.1, 0.15) is 36.3 Å². The molecule has 0 saturated carbocycles. The fourth-order valence-corrected chi connectivity index (χ4v) is 2.03. The molecule has 0 radical (unpaired) electrons. The molecule has 0 aliphatic carbocycles. The quantitative estimate of drug-likeness (QED) is 0.444. The first-order chi connectivity index (χ1) is 9.54.